The summed E-state index contributed by atoms with van der Waals surface area (Å²) in [5.41, 5.74) is 4.50. The molecule has 2 N–H and O–H groups in total. The van der Waals surface area contributed by atoms with E-state index in [4.69, 9.17) is 10.6 Å². The van der Waals surface area contributed by atoms with Gasteiger partial charge in [0.2, 0.25) is 0 Å². The topological polar surface area (TPSA) is 78.3 Å². The Bertz CT molecular complexity index is 1390. The average molecular weight is 462 g/mol. The van der Waals surface area contributed by atoms with E-state index in [-0.39, 0.29) is 12.2 Å². The van der Waals surface area contributed by atoms with E-state index in [2.05, 4.69) is 29.8 Å². The molecule has 8 heteroatoms. The van der Waals surface area contributed by atoms with Crippen molar-refractivity contribution in [3.05, 3.63) is 88.0 Å². The van der Waals surface area contributed by atoms with Gasteiger partial charge in [0.15, 0.2) is 0 Å². The minimum Gasteiger partial charge on any atom is -0.487 e. The number of rotatable bonds is 5. The van der Waals surface area contributed by atoms with Crippen LogP contribution in [0.4, 0.5) is 4.39 Å². The fourth-order valence-corrected chi connectivity index (χ4v) is 4.67. The van der Waals surface area contributed by atoms with Gasteiger partial charge in [0.05, 0.1) is 23.1 Å². The van der Waals surface area contributed by atoms with E-state index < -0.39 is 5.82 Å². The molecule has 0 amide bonds. The first-order chi connectivity index (χ1) is 16.4. The molecule has 0 saturated heterocycles. The Hall–Kier alpha value is -3.65. The van der Waals surface area contributed by atoms with Gasteiger partial charge in [-0.15, -0.1) is 0 Å². The first-order valence-corrected chi connectivity index (χ1v) is 11.5. The molecule has 0 spiro atoms. The Morgan fingerprint density at radius 3 is 2.68 bits per heavy atom. The summed E-state index contributed by atoms with van der Waals surface area (Å²) in [6.07, 6.45) is 4.69. The Morgan fingerprint density at radius 1 is 1.12 bits per heavy atom. The monoisotopic (exact) mass is 461 g/mol. The van der Waals surface area contributed by atoms with Crippen LogP contribution in [-0.2, 0) is 19.4 Å². The predicted octanol–water partition coefficient (Wildman–Crippen LogP) is 3.43. The maximum absolute atomic E-state index is 13.0. The second-order valence-electron chi connectivity index (χ2n) is 8.95. The zero-order valence-electron chi connectivity index (χ0n) is 19.4. The van der Waals surface area contributed by atoms with Crippen LogP contribution in [0.2, 0.25) is 0 Å². The van der Waals surface area contributed by atoms with Crippen LogP contribution >= 0.6 is 0 Å². The third-order valence-electron chi connectivity index (χ3n) is 6.56. The lowest BCUT2D eigenvalue weighted by molar-refractivity contribution is 0.232. The summed E-state index contributed by atoms with van der Waals surface area (Å²) in [5.74, 6) is 6.55. The van der Waals surface area contributed by atoms with Gasteiger partial charge in [-0.3, -0.25) is 19.0 Å². The highest BCUT2D eigenvalue weighted by atomic mass is 19.1. The molecule has 0 bridgehead atoms. The number of nitrogens with two attached hydrogens (primary N) is 1. The standard InChI is InChI=1S/C26H28FN5O2/c1-17(2)30-10-8-23-22-6-5-20(13-25(22)32(28)24(23)9-11-30)31-12-7-21(14-26(31)33)34-16-19-4-3-18(27)15-29-19/h3-7,12-15,17H,8-11,16,28H2,1-2H3. The van der Waals surface area contributed by atoms with Crippen LogP contribution < -0.4 is 16.1 Å². The van der Waals surface area contributed by atoms with E-state index in [1.807, 2.05) is 12.1 Å². The molecule has 4 aromatic rings. The highest BCUT2D eigenvalue weighted by Gasteiger charge is 2.22. The van der Waals surface area contributed by atoms with Crippen molar-refractivity contribution in [1.82, 2.24) is 19.1 Å². The van der Waals surface area contributed by atoms with E-state index in [0.717, 1.165) is 48.7 Å². The van der Waals surface area contributed by atoms with Gasteiger partial charge in [-0.2, -0.15) is 0 Å². The Balaban J connectivity index is 1.40. The van der Waals surface area contributed by atoms with Gasteiger partial charge in [-0.25, -0.2) is 4.39 Å². The molecule has 0 fully saturated rings. The molecule has 1 aliphatic heterocycles. The summed E-state index contributed by atoms with van der Waals surface area (Å²) in [6, 6.07) is 12.5. The number of hydrogen-bond acceptors (Lipinski definition) is 5. The van der Waals surface area contributed by atoms with Crippen LogP contribution in [0.3, 0.4) is 0 Å². The van der Waals surface area contributed by atoms with Crippen molar-refractivity contribution in [3.8, 4) is 11.4 Å². The molecular formula is C26H28FN5O2. The molecule has 5 rings (SSSR count). The van der Waals surface area contributed by atoms with Gasteiger partial charge in [0.1, 0.15) is 18.2 Å². The number of ether oxygens (including phenoxy) is 1. The number of halogens is 1. The van der Waals surface area contributed by atoms with Gasteiger partial charge < -0.3 is 15.5 Å². The van der Waals surface area contributed by atoms with Crippen LogP contribution in [0.1, 0.15) is 30.8 Å². The summed E-state index contributed by atoms with van der Waals surface area (Å²) in [5, 5.41) is 1.15. The summed E-state index contributed by atoms with van der Waals surface area (Å²) >= 11 is 0. The van der Waals surface area contributed by atoms with Crippen molar-refractivity contribution in [2.45, 2.75) is 39.3 Å². The van der Waals surface area contributed by atoms with Crippen molar-refractivity contribution in [1.29, 1.82) is 0 Å². The largest absolute Gasteiger partial charge is 0.487 e. The molecule has 4 heterocycles. The molecule has 0 radical (unpaired) electrons. The van der Waals surface area contributed by atoms with Crippen LogP contribution in [0.25, 0.3) is 16.6 Å². The summed E-state index contributed by atoms with van der Waals surface area (Å²) in [6.45, 7) is 6.60. The lowest BCUT2D eigenvalue weighted by Crippen LogP contribution is -2.33. The molecule has 34 heavy (non-hydrogen) atoms. The number of benzene rings is 1. The van der Waals surface area contributed by atoms with Crippen LogP contribution in [0, 0.1) is 5.82 Å². The smallest absolute Gasteiger partial charge is 0.258 e. The van der Waals surface area contributed by atoms with Gasteiger partial charge in [-0.1, -0.05) is 6.07 Å². The molecule has 0 unspecified atom stereocenters. The summed E-state index contributed by atoms with van der Waals surface area (Å²) in [4.78, 5) is 19.3. The second-order valence-corrected chi connectivity index (χ2v) is 8.95. The highest BCUT2D eigenvalue weighted by molar-refractivity contribution is 5.87. The van der Waals surface area contributed by atoms with Crippen molar-refractivity contribution in [3.63, 3.8) is 0 Å². The van der Waals surface area contributed by atoms with Crippen LogP contribution in [-0.4, -0.2) is 38.3 Å². The molecule has 1 aliphatic rings. The number of pyridine rings is 2. The summed E-state index contributed by atoms with van der Waals surface area (Å²) < 4.78 is 22.0. The third-order valence-corrected chi connectivity index (χ3v) is 6.56. The maximum Gasteiger partial charge on any atom is 0.258 e. The van der Waals surface area contributed by atoms with E-state index >= 15 is 0 Å². The molecule has 0 aliphatic carbocycles. The Morgan fingerprint density at radius 2 is 1.94 bits per heavy atom. The van der Waals surface area contributed by atoms with E-state index in [1.165, 1.54) is 23.4 Å². The number of hydrogen-bond donors (Lipinski definition) is 1. The average Bonchev–Trinajstić information content (AvgIpc) is 2.97. The van der Waals surface area contributed by atoms with E-state index in [0.29, 0.717) is 17.5 Å². The zero-order chi connectivity index (χ0) is 23.8. The normalized spacial score (nSPS) is 14.4. The van der Waals surface area contributed by atoms with E-state index in [9.17, 15) is 9.18 Å². The highest BCUT2D eigenvalue weighted by Crippen LogP contribution is 2.29. The fraction of sp³-hybridized carbons (Fsp3) is 0.308. The molecule has 176 valence electrons. The van der Waals surface area contributed by atoms with Crippen LogP contribution in [0.5, 0.6) is 5.75 Å². The molecule has 7 nitrogen and oxygen atoms in total. The first-order valence-electron chi connectivity index (χ1n) is 11.5. The van der Waals surface area contributed by atoms with Gasteiger partial charge in [0.25, 0.3) is 5.56 Å². The number of aromatic nitrogens is 3. The minimum absolute atomic E-state index is 0.149. The van der Waals surface area contributed by atoms with Gasteiger partial charge in [-0.05, 0) is 56.2 Å². The van der Waals surface area contributed by atoms with Gasteiger partial charge in [0, 0.05) is 48.9 Å². The van der Waals surface area contributed by atoms with Gasteiger partial charge >= 0.3 is 0 Å². The van der Waals surface area contributed by atoms with Crippen molar-refractivity contribution < 1.29 is 9.13 Å². The van der Waals surface area contributed by atoms with Crippen molar-refractivity contribution in [2.24, 2.45) is 0 Å². The zero-order valence-corrected chi connectivity index (χ0v) is 19.4. The van der Waals surface area contributed by atoms with Crippen LogP contribution in [0.15, 0.2) is 59.7 Å². The van der Waals surface area contributed by atoms with E-state index in [1.54, 1.807) is 27.6 Å². The number of nitrogen functional groups attached to an aromatic ring is 1. The number of fused-ring (bicyclic) bond motifs is 3. The fourth-order valence-electron chi connectivity index (χ4n) is 4.67. The SMILES string of the molecule is CC(C)N1CCc2c(n(N)c3cc(-n4ccc(OCc5ccc(F)cn5)cc4=O)ccc23)CC1. The molecule has 0 saturated carbocycles. The molecule has 0 atom stereocenters. The lowest BCUT2D eigenvalue weighted by Gasteiger charge is -2.24. The summed E-state index contributed by atoms with van der Waals surface area (Å²) in [7, 11) is 0. The van der Waals surface area contributed by atoms with Crippen molar-refractivity contribution >= 4 is 10.9 Å². The maximum atomic E-state index is 13.0. The Kier molecular flexibility index (Phi) is 5.83. The number of nitrogens with zero attached hydrogens (tertiary/aromatic N) is 4. The predicted molar refractivity (Wildman–Crippen MR) is 130 cm³/mol. The minimum atomic E-state index is -0.402. The lowest BCUT2D eigenvalue weighted by atomic mass is 10.1. The first kappa shape index (κ1) is 22.2. The second kappa shape index (κ2) is 8.95. The Labute approximate surface area is 197 Å². The third kappa shape index (κ3) is 4.17. The molecule has 3 aromatic heterocycles. The quantitative estimate of drug-likeness (QED) is 0.461. The molecule has 1 aromatic carbocycles. The molecular weight excluding hydrogens is 433 g/mol. The van der Waals surface area contributed by atoms with Crippen molar-refractivity contribution in [2.75, 3.05) is 18.9 Å².